The zero-order valence-corrected chi connectivity index (χ0v) is 22.4. The van der Waals surface area contributed by atoms with Crippen LogP contribution >= 0.6 is 0 Å². The van der Waals surface area contributed by atoms with Crippen molar-refractivity contribution in [3.05, 3.63) is 107 Å². The van der Waals surface area contributed by atoms with E-state index >= 15 is 0 Å². The lowest BCUT2D eigenvalue weighted by Gasteiger charge is -2.34. The molecule has 0 bridgehead atoms. The number of likely N-dealkylation sites (tertiary alicyclic amines) is 1. The fraction of sp³-hybridized carbons (Fsp3) is 0.367. The van der Waals surface area contributed by atoms with Crippen LogP contribution in [-0.2, 0) is 16.6 Å². The average Bonchev–Trinajstić information content (AvgIpc) is 3.26. The van der Waals surface area contributed by atoms with Gasteiger partial charge >= 0.3 is 18.4 Å². The number of nitrogens with one attached hydrogen (secondary N) is 1. The second-order valence-electron chi connectivity index (χ2n) is 11.1. The van der Waals surface area contributed by atoms with Crippen molar-refractivity contribution in [2.75, 3.05) is 13.1 Å². The number of carbonyl (C=O) groups is 1. The summed E-state index contributed by atoms with van der Waals surface area (Å²) < 4.78 is 94.2. The average molecular weight is 583 g/mol. The van der Waals surface area contributed by atoms with Gasteiger partial charge in [0.15, 0.2) is 0 Å². The normalized spacial score (nSPS) is 20.3. The number of rotatable bonds is 5. The van der Waals surface area contributed by atoms with E-state index in [4.69, 9.17) is 0 Å². The highest BCUT2D eigenvalue weighted by Gasteiger charge is 2.71. The van der Waals surface area contributed by atoms with Gasteiger partial charge in [0.2, 0.25) is 0 Å². The van der Waals surface area contributed by atoms with Crippen LogP contribution in [0.3, 0.4) is 0 Å². The molecule has 1 aliphatic rings. The standard InChI is InChI=1S/C30H29F7N2O2/c1-26(2,20-7-5-4-6-8-20)38-25(40)39-17-24(27(3,18-39)21-13-15-23(31)16-14-21)19-9-11-22(12-10-19)28(41,29(32,33)34)30(35,36)37/h4-16,24,41H,17-18H2,1-3H3,(H,38,40)/t24-,27+/m0/s1. The van der Waals surface area contributed by atoms with E-state index in [1.54, 1.807) is 6.92 Å². The molecule has 220 valence electrons. The molecule has 0 unspecified atom stereocenters. The lowest BCUT2D eigenvalue weighted by Crippen LogP contribution is -2.53. The number of nitrogens with zero attached hydrogens (tertiary/aromatic N) is 1. The smallest absolute Gasteiger partial charge is 0.369 e. The number of amides is 2. The third kappa shape index (κ3) is 5.51. The van der Waals surface area contributed by atoms with E-state index in [9.17, 15) is 40.6 Å². The predicted molar refractivity (Wildman–Crippen MR) is 139 cm³/mol. The molecule has 2 amide bonds. The zero-order valence-electron chi connectivity index (χ0n) is 22.4. The number of carbonyl (C=O) groups excluding carboxylic acids is 1. The summed E-state index contributed by atoms with van der Waals surface area (Å²) in [5, 5.41) is 12.8. The number of halogens is 7. The molecular formula is C30H29F7N2O2. The number of aliphatic hydroxyl groups is 1. The van der Waals surface area contributed by atoms with Crippen molar-refractivity contribution >= 4 is 6.03 Å². The highest BCUT2D eigenvalue weighted by molar-refractivity contribution is 5.76. The molecule has 41 heavy (non-hydrogen) atoms. The molecule has 11 heteroatoms. The van der Waals surface area contributed by atoms with E-state index < -0.39 is 52.2 Å². The minimum Gasteiger partial charge on any atom is -0.369 e. The molecule has 4 nitrogen and oxygen atoms in total. The van der Waals surface area contributed by atoms with Crippen LogP contribution in [0.4, 0.5) is 35.5 Å². The molecule has 0 aromatic heterocycles. The van der Waals surface area contributed by atoms with Gasteiger partial charge in [-0.15, -0.1) is 0 Å². The lowest BCUT2D eigenvalue weighted by atomic mass is 9.71. The van der Waals surface area contributed by atoms with Gasteiger partial charge < -0.3 is 15.3 Å². The van der Waals surface area contributed by atoms with E-state index in [0.717, 1.165) is 17.7 Å². The third-order valence-corrected chi connectivity index (χ3v) is 7.95. The number of alkyl halides is 6. The van der Waals surface area contributed by atoms with Crippen molar-refractivity contribution in [3.8, 4) is 0 Å². The largest absolute Gasteiger partial charge is 0.430 e. The number of hydrogen-bond donors (Lipinski definition) is 2. The molecule has 1 saturated heterocycles. The summed E-state index contributed by atoms with van der Waals surface area (Å²) in [7, 11) is 0. The monoisotopic (exact) mass is 582 g/mol. The Bertz CT molecular complexity index is 1360. The van der Waals surface area contributed by atoms with E-state index in [-0.39, 0.29) is 13.1 Å². The molecule has 3 aromatic carbocycles. The molecule has 0 aliphatic carbocycles. The predicted octanol–water partition coefficient (Wildman–Crippen LogP) is 7.14. The first kappa shape index (κ1) is 30.4. The molecule has 3 aromatic rings. The maximum atomic E-state index is 13.7. The lowest BCUT2D eigenvalue weighted by molar-refractivity contribution is -0.376. The van der Waals surface area contributed by atoms with Crippen LogP contribution in [-0.4, -0.2) is 41.5 Å². The molecule has 0 saturated carbocycles. The maximum Gasteiger partial charge on any atom is 0.430 e. The van der Waals surface area contributed by atoms with Gasteiger partial charge in [0.05, 0.1) is 5.54 Å². The fourth-order valence-electron chi connectivity index (χ4n) is 5.46. The summed E-state index contributed by atoms with van der Waals surface area (Å²) in [4.78, 5) is 15.0. The molecule has 1 aliphatic heterocycles. The molecule has 1 fully saturated rings. The van der Waals surface area contributed by atoms with Gasteiger partial charge in [-0.1, -0.05) is 73.7 Å². The Morgan fingerprint density at radius 3 is 1.90 bits per heavy atom. The third-order valence-electron chi connectivity index (χ3n) is 7.95. The van der Waals surface area contributed by atoms with Crippen LogP contribution in [0.5, 0.6) is 0 Å². The van der Waals surface area contributed by atoms with Crippen LogP contribution in [0.15, 0.2) is 78.9 Å². The highest BCUT2D eigenvalue weighted by atomic mass is 19.4. The van der Waals surface area contributed by atoms with Gasteiger partial charge in [-0.2, -0.15) is 26.3 Å². The molecule has 0 spiro atoms. The van der Waals surface area contributed by atoms with Crippen LogP contribution in [0, 0.1) is 5.82 Å². The summed E-state index contributed by atoms with van der Waals surface area (Å²) >= 11 is 0. The topological polar surface area (TPSA) is 52.6 Å². The summed E-state index contributed by atoms with van der Waals surface area (Å²) in [6, 6.07) is 17.8. The quantitative estimate of drug-likeness (QED) is 0.314. The minimum absolute atomic E-state index is 0.0761. The SMILES string of the molecule is CC(C)(NC(=O)N1C[C@@H](c2ccc(C(O)(C(F)(F)F)C(F)(F)F)cc2)[C@@](C)(c2ccc(F)cc2)C1)c1ccccc1. The Morgan fingerprint density at radius 2 is 1.39 bits per heavy atom. The van der Waals surface area contributed by atoms with Crippen molar-refractivity contribution < 1.29 is 40.6 Å². The Morgan fingerprint density at radius 1 is 0.854 bits per heavy atom. The van der Waals surface area contributed by atoms with Crippen molar-refractivity contribution in [3.63, 3.8) is 0 Å². The van der Waals surface area contributed by atoms with E-state index in [2.05, 4.69) is 5.32 Å². The van der Waals surface area contributed by atoms with Crippen molar-refractivity contribution in [2.24, 2.45) is 0 Å². The summed E-state index contributed by atoms with van der Waals surface area (Å²) in [6.45, 7) is 5.67. The molecule has 4 rings (SSSR count). The number of hydrogen-bond acceptors (Lipinski definition) is 2. The van der Waals surface area contributed by atoms with Gasteiger partial charge in [0.25, 0.3) is 5.60 Å². The van der Waals surface area contributed by atoms with E-state index in [1.165, 1.54) is 29.2 Å². The Balaban J connectivity index is 1.70. The highest BCUT2D eigenvalue weighted by Crippen LogP contribution is 2.51. The van der Waals surface area contributed by atoms with Gasteiger partial charge in [-0.3, -0.25) is 0 Å². The summed E-state index contributed by atoms with van der Waals surface area (Å²) in [6.07, 6.45) is -12.0. The summed E-state index contributed by atoms with van der Waals surface area (Å²) in [5.74, 6) is -1.08. The molecule has 2 atom stereocenters. The van der Waals surface area contributed by atoms with E-state index in [1.807, 2.05) is 44.2 Å². The number of benzene rings is 3. The Kier molecular flexibility index (Phi) is 7.66. The Hall–Kier alpha value is -3.60. The van der Waals surface area contributed by atoms with Crippen LogP contribution < -0.4 is 5.32 Å². The summed E-state index contributed by atoms with van der Waals surface area (Å²) in [5.41, 5.74) is -6.23. The first-order valence-corrected chi connectivity index (χ1v) is 12.7. The van der Waals surface area contributed by atoms with Crippen LogP contribution in [0.2, 0.25) is 0 Å². The Labute approximate surface area is 232 Å². The van der Waals surface area contributed by atoms with Crippen molar-refractivity contribution in [1.29, 1.82) is 0 Å². The van der Waals surface area contributed by atoms with Gasteiger partial charge in [0.1, 0.15) is 5.82 Å². The van der Waals surface area contributed by atoms with Crippen LogP contribution in [0.1, 0.15) is 48.9 Å². The minimum atomic E-state index is -6.01. The van der Waals surface area contributed by atoms with Gasteiger partial charge in [-0.05, 0) is 42.7 Å². The second-order valence-corrected chi connectivity index (χ2v) is 11.1. The number of urea groups is 1. The van der Waals surface area contributed by atoms with E-state index in [0.29, 0.717) is 23.3 Å². The molecule has 0 radical (unpaired) electrons. The first-order chi connectivity index (χ1) is 18.9. The second kappa shape index (κ2) is 10.3. The molecule has 2 N–H and O–H groups in total. The molecule has 1 heterocycles. The maximum absolute atomic E-state index is 13.7. The fourth-order valence-corrected chi connectivity index (χ4v) is 5.46. The van der Waals surface area contributed by atoms with Crippen LogP contribution in [0.25, 0.3) is 0 Å². The van der Waals surface area contributed by atoms with Crippen molar-refractivity contribution in [1.82, 2.24) is 10.2 Å². The van der Waals surface area contributed by atoms with Gasteiger partial charge in [-0.25, -0.2) is 9.18 Å². The van der Waals surface area contributed by atoms with Gasteiger partial charge in [0, 0.05) is 30.0 Å². The first-order valence-electron chi connectivity index (χ1n) is 12.7. The zero-order chi connectivity index (χ0) is 30.4. The van der Waals surface area contributed by atoms with Crippen molar-refractivity contribution in [2.45, 2.75) is 55.6 Å². The molecular weight excluding hydrogens is 553 g/mol.